The molecule has 0 aromatic heterocycles. The standard InChI is InChI=1S/C22H26FN3O6/c1-30-18-12-17(19(26(28)29)21(32-3)20(18)31-2)22(27)24-16-8-10-25(11-9-16)13-14-4-6-15(23)7-5-14/h4-7,12,16H,8-11,13H2,1-3H3,(H,24,27). The van der Waals surface area contributed by atoms with Crippen LogP contribution in [-0.4, -0.2) is 56.2 Å². The van der Waals surface area contributed by atoms with Crippen molar-refractivity contribution in [2.24, 2.45) is 0 Å². The number of amides is 1. The van der Waals surface area contributed by atoms with Crippen LogP contribution in [0, 0.1) is 15.9 Å². The summed E-state index contributed by atoms with van der Waals surface area (Å²) in [6.07, 6.45) is 1.37. The molecule has 1 saturated heterocycles. The lowest BCUT2D eigenvalue weighted by Crippen LogP contribution is -2.44. The average molecular weight is 447 g/mol. The van der Waals surface area contributed by atoms with Gasteiger partial charge in [0.1, 0.15) is 11.4 Å². The van der Waals surface area contributed by atoms with Crippen LogP contribution < -0.4 is 19.5 Å². The van der Waals surface area contributed by atoms with Gasteiger partial charge in [0.05, 0.1) is 26.3 Å². The Labute approximate surface area is 185 Å². The molecular weight excluding hydrogens is 421 g/mol. The molecule has 1 amide bonds. The molecule has 10 heteroatoms. The number of hydrogen-bond acceptors (Lipinski definition) is 7. The van der Waals surface area contributed by atoms with Gasteiger partial charge in [0.25, 0.3) is 5.91 Å². The fraction of sp³-hybridized carbons (Fsp3) is 0.409. The molecule has 32 heavy (non-hydrogen) atoms. The molecule has 0 spiro atoms. The third kappa shape index (κ3) is 5.08. The van der Waals surface area contributed by atoms with Gasteiger partial charge in [-0.25, -0.2) is 4.39 Å². The molecule has 1 aliphatic heterocycles. The largest absolute Gasteiger partial charge is 0.493 e. The quantitative estimate of drug-likeness (QED) is 0.490. The third-order valence-corrected chi connectivity index (χ3v) is 5.47. The molecule has 3 rings (SSSR count). The summed E-state index contributed by atoms with van der Waals surface area (Å²) in [5.74, 6) is -0.804. The molecule has 0 bridgehead atoms. The van der Waals surface area contributed by atoms with Crippen LogP contribution in [0.5, 0.6) is 17.2 Å². The number of methoxy groups -OCH3 is 3. The smallest absolute Gasteiger partial charge is 0.327 e. The van der Waals surface area contributed by atoms with E-state index in [1.54, 1.807) is 12.1 Å². The van der Waals surface area contributed by atoms with Crippen molar-refractivity contribution in [3.63, 3.8) is 0 Å². The SMILES string of the molecule is COc1cc(C(=O)NC2CCN(Cc3ccc(F)cc3)CC2)c([N+](=O)[O-])c(OC)c1OC. The summed E-state index contributed by atoms with van der Waals surface area (Å²) in [4.78, 5) is 26.2. The zero-order chi connectivity index (χ0) is 23.3. The molecule has 1 fully saturated rings. The monoisotopic (exact) mass is 447 g/mol. The fourth-order valence-electron chi connectivity index (χ4n) is 3.84. The van der Waals surface area contributed by atoms with Gasteiger partial charge in [0.15, 0.2) is 5.75 Å². The van der Waals surface area contributed by atoms with E-state index < -0.39 is 16.5 Å². The first kappa shape index (κ1) is 23.3. The molecule has 1 N–H and O–H groups in total. The number of carbonyl (C=O) groups is 1. The maximum atomic E-state index is 13.1. The van der Waals surface area contributed by atoms with Crippen molar-refractivity contribution in [1.29, 1.82) is 0 Å². The van der Waals surface area contributed by atoms with Crippen LogP contribution in [-0.2, 0) is 6.54 Å². The van der Waals surface area contributed by atoms with Gasteiger partial charge in [0, 0.05) is 31.7 Å². The summed E-state index contributed by atoms with van der Waals surface area (Å²) in [6, 6.07) is 7.54. The van der Waals surface area contributed by atoms with Crippen molar-refractivity contribution in [3.8, 4) is 17.2 Å². The third-order valence-electron chi connectivity index (χ3n) is 5.47. The van der Waals surface area contributed by atoms with Crippen molar-refractivity contribution in [3.05, 3.63) is 57.4 Å². The topological polar surface area (TPSA) is 103 Å². The number of hydrogen-bond donors (Lipinski definition) is 1. The van der Waals surface area contributed by atoms with Gasteiger partial charge in [-0.2, -0.15) is 0 Å². The molecule has 0 unspecified atom stereocenters. The van der Waals surface area contributed by atoms with Crippen molar-refractivity contribution in [2.45, 2.75) is 25.4 Å². The van der Waals surface area contributed by atoms with Gasteiger partial charge in [-0.15, -0.1) is 0 Å². The van der Waals surface area contributed by atoms with E-state index in [1.807, 2.05) is 0 Å². The molecule has 2 aromatic carbocycles. The normalized spacial score (nSPS) is 14.6. The predicted molar refractivity (Wildman–Crippen MR) is 115 cm³/mol. The van der Waals surface area contributed by atoms with Gasteiger partial charge >= 0.3 is 5.69 Å². The Hall–Kier alpha value is -3.40. The van der Waals surface area contributed by atoms with E-state index >= 15 is 0 Å². The molecule has 0 saturated carbocycles. The Morgan fingerprint density at radius 3 is 2.28 bits per heavy atom. The van der Waals surface area contributed by atoms with Crippen LogP contribution in [0.25, 0.3) is 0 Å². The number of nitrogens with one attached hydrogen (secondary N) is 1. The minimum absolute atomic E-state index is 0.0485. The average Bonchev–Trinajstić information content (AvgIpc) is 2.80. The highest BCUT2D eigenvalue weighted by atomic mass is 19.1. The molecule has 2 aromatic rings. The van der Waals surface area contributed by atoms with E-state index in [9.17, 15) is 19.3 Å². The molecule has 0 aliphatic carbocycles. The Kier molecular flexibility index (Phi) is 7.47. The van der Waals surface area contributed by atoms with Gasteiger partial charge in [0.2, 0.25) is 11.5 Å². The van der Waals surface area contributed by atoms with E-state index in [-0.39, 0.29) is 34.7 Å². The van der Waals surface area contributed by atoms with Crippen LogP contribution in [0.1, 0.15) is 28.8 Å². The van der Waals surface area contributed by atoms with Crippen LogP contribution in [0.15, 0.2) is 30.3 Å². The van der Waals surface area contributed by atoms with Gasteiger partial charge in [-0.1, -0.05) is 12.1 Å². The second-order valence-electron chi connectivity index (χ2n) is 7.45. The molecule has 1 heterocycles. The minimum Gasteiger partial charge on any atom is -0.493 e. The number of ether oxygens (including phenoxy) is 3. The second-order valence-corrected chi connectivity index (χ2v) is 7.45. The highest BCUT2D eigenvalue weighted by molar-refractivity contribution is 6.00. The number of halogens is 1. The lowest BCUT2D eigenvalue weighted by molar-refractivity contribution is -0.386. The Morgan fingerprint density at radius 1 is 1.12 bits per heavy atom. The number of nitro groups is 1. The summed E-state index contributed by atoms with van der Waals surface area (Å²) in [6.45, 7) is 2.17. The summed E-state index contributed by atoms with van der Waals surface area (Å²) in [5.41, 5.74) is 0.386. The number of nitro benzene ring substituents is 1. The summed E-state index contributed by atoms with van der Waals surface area (Å²) < 4.78 is 28.7. The fourth-order valence-corrected chi connectivity index (χ4v) is 3.84. The van der Waals surface area contributed by atoms with Gasteiger partial charge < -0.3 is 19.5 Å². The van der Waals surface area contributed by atoms with E-state index in [1.165, 1.54) is 39.5 Å². The number of benzene rings is 2. The highest BCUT2D eigenvalue weighted by Crippen LogP contribution is 2.46. The molecule has 1 aliphatic rings. The lowest BCUT2D eigenvalue weighted by atomic mass is 10.0. The van der Waals surface area contributed by atoms with E-state index in [2.05, 4.69) is 10.2 Å². The predicted octanol–water partition coefficient (Wildman–Crippen LogP) is 3.15. The minimum atomic E-state index is -0.666. The number of piperidine rings is 1. The van der Waals surface area contributed by atoms with E-state index in [4.69, 9.17) is 14.2 Å². The molecular formula is C22H26FN3O6. The van der Waals surface area contributed by atoms with Crippen molar-refractivity contribution >= 4 is 11.6 Å². The summed E-state index contributed by atoms with van der Waals surface area (Å²) >= 11 is 0. The number of rotatable bonds is 8. The Bertz CT molecular complexity index is 975. The maximum absolute atomic E-state index is 13.1. The first-order chi connectivity index (χ1) is 15.4. The van der Waals surface area contributed by atoms with Crippen LogP contribution >= 0.6 is 0 Å². The summed E-state index contributed by atoms with van der Waals surface area (Å²) in [5, 5.41) is 14.6. The molecule has 9 nitrogen and oxygen atoms in total. The molecule has 172 valence electrons. The Morgan fingerprint density at radius 2 is 1.75 bits per heavy atom. The first-order valence-corrected chi connectivity index (χ1v) is 10.1. The van der Waals surface area contributed by atoms with Crippen LogP contribution in [0.2, 0.25) is 0 Å². The van der Waals surface area contributed by atoms with Crippen molar-refractivity contribution in [1.82, 2.24) is 10.2 Å². The second kappa shape index (κ2) is 10.3. The maximum Gasteiger partial charge on any atom is 0.327 e. The number of likely N-dealkylation sites (tertiary alicyclic amines) is 1. The number of nitrogens with zero attached hydrogens (tertiary/aromatic N) is 2. The Balaban J connectivity index is 1.71. The first-order valence-electron chi connectivity index (χ1n) is 10.1. The van der Waals surface area contributed by atoms with Crippen molar-refractivity contribution < 1.29 is 28.3 Å². The van der Waals surface area contributed by atoms with Crippen LogP contribution in [0.4, 0.5) is 10.1 Å². The highest BCUT2D eigenvalue weighted by Gasteiger charge is 2.33. The van der Waals surface area contributed by atoms with Gasteiger partial charge in [-0.3, -0.25) is 19.8 Å². The molecule has 0 radical (unpaired) electrons. The lowest BCUT2D eigenvalue weighted by Gasteiger charge is -2.32. The van der Waals surface area contributed by atoms with Gasteiger partial charge in [-0.05, 0) is 30.5 Å². The van der Waals surface area contributed by atoms with Crippen molar-refractivity contribution in [2.75, 3.05) is 34.4 Å². The van der Waals surface area contributed by atoms with E-state index in [0.29, 0.717) is 19.4 Å². The van der Waals surface area contributed by atoms with Crippen LogP contribution in [0.3, 0.4) is 0 Å². The zero-order valence-electron chi connectivity index (χ0n) is 18.2. The number of carbonyl (C=O) groups excluding carboxylic acids is 1. The van der Waals surface area contributed by atoms with E-state index in [0.717, 1.165) is 18.7 Å². The summed E-state index contributed by atoms with van der Waals surface area (Å²) in [7, 11) is 3.98. The zero-order valence-corrected chi connectivity index (χ0v) is 18.2. The molecule has 0 atom stereocenters.